The van der Waals surface area contributed by atoms with Crippen LogP contribution in [0.3, 0.4) is 0 Å². The molecule has 0 fully saturated rings. The number of rotatable bonds is 3. The summed E-state index contributed by atoms with van der Waals surface area (Å²) in [6.45, 7) is 1.97. The van der Waals surface area contributed by atoms with Crippen molar-refractivity contribution in [2.45, 2.75) is 13.3 Å². The topological polar surface area (TPSA) is 57.8 Å². The number of amides is 1. The molecule has 0 radical (unpaired) electrons. The Labute approximate surface area is 97.9 Å². The smallest absolute Gasteiger partial charge is 0.256 e. The fraction of sp³-hybridized carbons (Fsp3) is 0.167. The quantitative estimate of drug-likeness (QED) is 0.855. The first-order valence-corrected chi connectivity index (χ1v) is 5.30. The summed E-state index contributed by atoms with van der Waals surface area (Å²) in [4.78, 5) is 11.8. The first kappa shape index (κ1) is 11.3. The number of hydrogen-bond donors (Lipinski definition) is 2. The van der Waals surface area contributed by atoms with E-state index in [1.807, 2.05) is 6.92 Å². The molecule has 0 unspecified atom stereocenters. The molecule has 1 heterocycles. The molecule has 1 amide bonds. The minimum Gasteiger partial charge on any atom is -0.307 e. The average Bonchev–Trinajstić information content (AvgIpc) is 2.77. The van der Waals surface area contributed by atoms with Crippen molar-refractivity contribution in [3.63, 3.8) is 0 Å². The molecule has 0 aliphatic heterocycles. The summed E-state index contributed by atoms with van der Waals surface area (Å²) < 4.78 is 12.7. The summed E-state index contributed by atoms with van der Waals surface area (Å²) in [5.74, 6) is -0.0666. The summed E-state index contributed by atoms with van der Waals surface area (Å²) >= 11 is 0. The van der Waals surface area contributed by atoms with Crippen molar-refractivity contribution in [3.05, 3.63) is 47.4 Å². The van der Waals surface area contributed by atoms with E-state index in [1.54, 1.807) is 6.20 Å². The third-order valence-corrected chi connectivity index (χ3v) is 2.44. The molecule has 1 aromatic carbocycles. The lowest BCUT2D eigenvalue weighted by Gasteiger charge is -2.04. The number of aromatic nitrogens is 2. The number of halogens is 1. The number of anilines is 1. The largest absolute Gasteiger partial charge is 0.307 e. The van der Waals surface area contributed by atoms with Crippen molar-refractivity contribution >= 4 is 11.7 Å². The minimum atomic E-state index is -0.364. The number of H-pyrrole nitrogens is 1. The minimum absolute atomic E-state index is 0.288. The zero-order chi connectivity index (χ0) is 12.3. The summed E-state index contributed by atoms with van der Waals surface area (Å²) in [5.41, 5.74) is 1.34. The van der Waals surface area contributed by atoms with Gasteiger partial charge in [0.15, 0.2) is 0 Å². The molecule has 5 heteroatoms. The number of benzene rings is 1. The zero-order valence-corrected chi connectivity index (χ0v) is 9.33. The molecule has 2 N–H and O–H groups in total. The third kappa shape index (κ3) is 2.50. The van der Waals surface area contributed by atoms with Crippen molar-refractivity contribution in [1.82, 2.24) is 10.2 Å². The van der Waals surface area contributed by atoms with Crippen LogP contribution in [0, 0.1) is 5.82 Å². The van der Waals surface area contributed by atoms with Crippen LogP contribution in [-0.2, 0) is 6.42 Å². The van der Waals surface area contributed by atoms with Gasteiger partial charge in [-0.15, -0.1) is 0 Å². The molecule has 2 aromatic rings. The SMILES string of the molecule is CCc1cn[nH]c1NC(=O)c1ccc(F)cc1. The Morgan fingerprint density at radius 2 is 2.12 bits per heavy atom. The Morgan fingerprint density at radius 3 is 2.76 bits per heavy atom. The lowest BCUT2D eigenvalue weighted by molar-refractivity contribution is 0.102. The molecule has 0 saturated heterocycles. The van der Waals surface area contributed by atoms with Crippen LogP contribution in [0.5, 0.6) is 0 Å². The number of aromatic amines is 1. The van der Waals surface area contributed by atoms with Gasteiger partial charge in [-0.25, -0.2) is 4.39 Å². The van der Waals surface area contributed by atoms with Gasteiger partial charge in [-0.05, 0) is 30.7 Å². The predicted molar refractivity (Wildman–Crippen MR) is 62.3 cm³/mol. The first-order valence-electron chi connectivity index (χ1n) is 5.30. The highest BCUT2D eigenvalue weighted by atomic mass is 19.1. The molecule has 1 aromatic heterocycles. The van der Waals surface area contributed by atoms with Crippen LogP contribution in [0.1, 0.15) is 22.8 Å². The summed E-state index contributed by atoms with van der Waals surface area (Å²) in [7, 11) is 0. The van der Waals surface area contributed by atoms with E-state index in [-0.39, 0.29) is 11.7 Å². The number of hydrogen-bond acceptors (Lipinski definition) is 2. The van der Waals surface area contributed by atoms with Gasteiger partial charge in [-0.1, -0.05) is 6.92 Å². The van der Waals surface area contributed by atoms with Gasteiger partial charge in [-0.2, -0.15) is 5.10 Å². The van der Waals surface area contributed by atoms with Crippen LogP contribution in [0.25, 0.3) is 0 Å². The summed E-state index contributed by atoms with van der Waals surface area (Å²) in [6.07, 6.45) is 2.44. The van der Waals surface area contributed by atoms with Gasteiger partial charge in [0.1, 0.15) is 11.6 Å². The van der Waals surface area contributed by atoms with Crippen LogP contribution >= 0.6 is 0 Å². The maximum Gasteiger partial charge on any atom is 0.256 e. The van der Waals surface area contributed by atoms with E-state index in [1.165, 1.54) is 24.3 Å². The Kier molecular flexibility index (Phi) is 3.18. The molecule has 0 bridgehead atoms. The monoisotopic (exact) mass is 233 g/mol. The highest BCUT2D eigenvalue weighted by Crippen LogP contribution is 2.13. The van der Waals surface area contributed by atoms with Crippen LogP contribution in [-0.4, -0.2) is 16.1 Å². The second-order valence-electron chi connectivity index (χ2n) is 3.58. The number of aryl methyl sites for hydroxylation is 1. The highest BCUT2D eigenvalue weighted by Gasteiger charge is 2.09. The average molecular weight is 233 g/mol. The van der Waals surface area contributed by atoms with E-state index < -0.39 is 0 Å². The number of nitrogens with zero attached hydrogens (tertiary/aromatic N) is 1. The van der Waals surface area contributed by atoms with Crippen molar-refractivity contribution < 1.29 is 9.18 Å². The molecule has 0 aliphatic rings. The summed E-state index contributed by atoms with van der Waals surface area (Å²) in [6, 6.07) is 5.38. The normalized spacial score (nSPS) is 10.2. The van der Waals surface area contributed by atoms with Gasteiger partial charge in [0.2, 0.25) is 0 Å². The highest BCUT2D eigenvalue weighted by molar-refractivity contribution is 6.04. The number of nitrogens with one attached hydrogen (secondary N) is 2. The number of carbonyl (C=O) groups excluding carboxylic acids is 1. The molecule has 0 aliphatic carbocycles. The van der Waals surface area contributed by atoms with Crippen molar-refractivity contribution in [2.75, 3.05) is 5.32 Å². The second-order valence-corrected chi connectivity index (χ2v) is 3.58. The molecule has 0 atom stereocenters. The van der Waals surface area contributed by atoms with Crippen molar-refractivity contribution in [1.29, 1.82) is 0 Å². The standard InChI is InChI=1S/C12H12FN3O/c1-2-8-7-14-16-11(8)15-12(17)9-3-5-10(13)6-4-9/h3-7H,2H2,1H3,(H2,14,15,16,17). The van der Waals surface area contributed by atoms with Crippen molar-refractivity contribution in [2.24, 2.45) is 0 Å². The van der Waals surface area contributed by atoms with Gasteiger partial charge in [0.05, 0.1) is 6.20 Å². The lowest BCUT2D eigenvalue weighted by Crippen LogP contribution is -2.13. The molecule has 17 heavy (non-hydrogen) atoms. The van der Waals surface area contributed by atoms with Gasteiger partial charge in [0.25, 0.3) is 5.91 Å². The van der Waals surface area contributed by atoms with E-state index in [9.17, 15) is 9.18 Å². The Hall–Kier alpha value is -2.17. The fourth-order valence-electron chi connectivity index (χ4n) is 1.47. The van der Waals surface area contributed by atoms with Gasteiger partial charge in [0, 0.05) is 11.1 Å². The van der Waals surface area contributed by atoms with E-state index >= 15 is 0 Å². The van der Waals surface area contributed by atoms with Gasteiger partial charge < -0.3 is 5.32 Å². The molecular formula is C12H12FN3O. The first-order chi connectivity index (χ1) is 8.20. The Balaban J connectivity index is 2.14. The maximum atomic E-state index is 12.7. The van der Waals surface area contributed by atoms with Gasteiger partial charge >= 0.3 is 0 Å². The van der Waals surface area contributed by atoms with E-state index in [0.29, 0.717) is 11.4 Å². The lowest BCUT2D eigenvalue weighted by atomic mass is 10.2. The molecular weight excluding hydrogens is 221 g/mol. The zero-order valence-electron chi connectivity index (χ0n) is 9.33. The van der Waals surface area contributed by atoms with E-state index in [2.05, 4.69) is 15.5 Å². The van der Waals surface area contributed by atoms with E-state index in [4.69, 9.17) is 0 Å². The molecule has 0 spiro atoms. The third-order valence-electron chi connectivity index (χ3n) is 2.44. The maximum absolute atomic E-state index is 12.7. The van der Waals surface area contributed by atoms with Crippen LogP contribution < -0.4 is 5.32 Å². The van der Waals surface area contributed by atoms with Crippen LogP contribution in [0.2, 0.25) is 0 Å². The molecule has 4 nitrogen and oxygen atoms in total. The van der Waals surface area contributed by atoms with E-state index in [0.717, 1.165) is 12.0 Å². The molecule has 2 rings (SSSR count). The van der Waals surface area contributed by atoms with Crippen LogP contribution in [0.4, 0.5) is 10.2 Å². The van der Waals surface area contributed by atoms with Gasteiger partial charge in [-0.3, -0.25) is 9.89 Å². The molecule has 88 valence electrons. The predicted octanol–water partition coefficient (Wildman–Crippen LogP) is 2.36. The Morgan fingerprint density at radius 1 is 1.41 bits per heavy atom. The number of carbonyl (C=O) groups is 1. The second kappa shape index (κ2) is 4.78. The Bertz CT molecular complexity index is 519. The van der Waals surface area contributed by atoms with Crippen LogP contribution in [0.15, 0.2) is 30.5 Å². The van der Waals surface area contributed by atoms with Crippen molar-refractivity contribution in [3.8, 4) is 0 Å². The fourth-order valence-corrected chi connectivity index (χ4v) is 1.47. The molecule has 0 saturated carbocycles. The summed E-state index contributed by atoms with van der Waals surface area (Å²) in [5, 5.41) is 9.26.